The molecule has 0 saturated carbocycles. The molecule has 0 aromatic heterocycles. The van der Waals surface area contributed by atoms with Gasteiger partial charge in [-0.25, -0.2) is 0 Å². The Kier molecular flexibility index (Phi) is 3.25. The van der Waals surface area contributed by atoms with Crippen LogP contribution >= 0.6 is 11.6 Å². The monoisotopic (exact) mass is 211 g/mol. The second-order valence-corrected chi connectivity index (χ2v) is 3.41. The van der Waals surface area contributed by atoms with Crippen molar-refractivity contribution in [3.63, 3.8) is 0 Å². The molecule has 2 N–H and O–H groups in total. The Balaban J connectivity index is 3.01. The Bertz CT molecular complexity index is 388. The maximum Gasteiger partial charge on any atom is 0.252 e. The zero-order chi connectivity index (χ0) is 10.7. The molecule has 0 unspecified atom stereocenters. The highest BCUT2D eigenvalue weighted by Crippen LogP contribution is 2.16. The van der Waals surface area contributed by atoms with Crippen LogP contribution in [0, 0.1) is 0 Å². The van der Waals surface area contributed by atoms with Gasteiger partial charge in [-0.2, -0.15) is 0 Å². The number of nitrogens with two attached hydrogens (primary N) is 1. The summed E-state index contributed by atoms with van der Waals surface area (Å²) in [5.74, 6) is 0.0293. The number of anilines is 1. The van der Waals surface area contributed by atoms with Crippen LogP contribution in [0.4, 0.5) is 5.69 Å². The topological polar surface area (TPSA) is 60.2 Å². The third kappa shape index (κ3) is 2.57. The van der Waals surface area contributed by atoms with Crippen molar-refractivity contribution in [3.8, 4) is 0 Å². The summed E-state index contributed by atoms with van der Waals surface area (Å²) in [4.78, 5) is 21.6. The van der Waals surface area contributed by atoms with Crippen molar-refractivity contribution < 1.29 is 9.59 Å². The fourth-order valence-corrected chi connectivity index (χ4v) is 1.26. The van der Waals surface area contributed by atoms with Crippen LogP contribution in [0.3, 0.4) is 0 Å². The maximum atomic E-state index is 10.8. The predicted molar refractivity (Wildman–Crippen MR) is 55.4 cm³/mol. The zero-order valence-corrected chi connectivity index (χ0v) is 8.47. The van der Waals surface area contributed by atoms with Crippen LogP contribution in [0.1, 0.15) is 22.8 Å². The lowest BCUT2D eigenvalue weighted by Gasteiger charge is -2.04. The van der Waals surface area contributed by atoms with Crippen LogP contribution in [0.25, 0.3) is 0 Å². The molecule has 0 aliphatic heterocycles. The molecule has 0 aliphatic carbocycles. The van der Waals surface area contributed by atoms with E-state index < -0.39 is 5.24 Å². The number of hydrogen-bond acceptors (Lipinski definition) is 3. The van der Waals surface area contributed by atoms with E-state index in [4.69, 9.17) is 17.3 Å². The Labute approximate surface area is 86.9 Å². The third-order valence-corrected chi connectivity index (χ3v) is 2.03. The van der Waals surface area contributed by atoms with Crippen molar-refractivity contribution in [2.24, 2.45) is 0 Å². The summed E-state index contributed by atoms with van der Waals surface area (Å²) in [5, 5.41) is -0.550. The average molecular weight is 212 g/mol. The number of hydrogen-bond donors (Lipinski definition) is 1. The smallest absolute Gasteiger partial charge is 0.252 e. The van der Waals surface area contributed by atoms with Gasteiger partial charge in [0, 0.05) is 17.7 Å². The fraction of sp³-hybridized carbons (Fsp3) is 0.200. The second kappa shape index (κ2) is 4.24. The molecule has 0 saturated heterocycles. The summed E-state index contributed by atoms with van der Waals surface area (Å²) in [5.41, 5.74) is 7.13. The molecular formula is C10H10ClNO2. The average Bonchev–Trinajstić information content (AvgIpc) is 2.07. The fourth-order valence-electron chi connectivity index (χ4n) is 1.15. The van der Waals surface area contributed by atoms with E-state index in [0.717, 1.165) is 5.56 Å². The van der Waals surface area contributed by atoms with E-state index >= 15 is 0 Å². The molecule has 1 rings (SSSR count). The lowest BCUT2D eigenvalue weighted by atomic mass is 10.1. The van der Waals surface area contributed by atoms with Gasteiger partial charge in [-0.05, 0) is 36.2 Å². The van der Waals surface area contributed by atoms with Gasteiger partial charge < -0.3 is 5.73 Å². The quantitative estimate of drug-likeness (QED) is 0.613. The van der Waals surface area contributed by atoms with Gasteiger partial charge in [-0.15, -0.1) is 0 Å². The Morgan fingerprint density at radius 3 is 2.50 bits per heavy atom. The first kappa shape index (κ1) is 10.7. The minimum atomic E-state index is -0.550. The van der Waals surface area contributed by atoms with Gasteiger partial charge in [0.2, 0.25) is 0 Å². The van der Waals surface area contributed by atoms with Crippen LogP contribution < -0.4 is 5.73 Å². The van der Waals surface area contributed by atoms with Gasteiger partial charge in [-0.1, -0.05) is 6.07 Å². The molecule has 0 heterocycles. The van der Waals surface area contributed by atoms with E-state index in [9.17, 15) is 9.59 Å². The molecule has 14 heavy (non-hydrogen) atoms. The maximum absolute atomic E-state index is 10.8. The van der Waals surface area contributed by atoms with Crippen LogP contribution in [0.15, 0.2) is 18.2 Å². The molecule has 0 aliphatic rings. The highest BCUT2D eigenvalue weighted by molar-refractivity contribution is 6.67. The summed E-state index contributed by atoms with van der Waals surface area (Å²) in [7, 11) is 0. The Hall–Kier alpha value is -1.35. The number of Topliss-reactive ketones (excluding diaryl/α,β-unsaturated/α-hetero) is 1. The van der Waals surface area contributed by atoms with E-state index in [1.165, 1.54) is 13.0 Å². The minimum absolute atomic E-state index is 0.0293. The number of ketones is 1. The molecule has 1 aromatic rings. The first-order valence-corrected chi connectivity index (χ1v) is 4.46. The highest BCUT2D eigenvalue weighted by Gasteiger charge is 2.06. The summed E-state index contributed by atoms with van der Waals surface area (Å²) in [6.45, 7) is 1.49. The van der Waals surface area contributed by atoms with Crippen molar-refractivity contribution in [1.29, 1.82) is 0 Å². The van der Waals surface area contributed by atoms with Crippen molar-refractivity contribution in [2.45, 2.75) is 13.3 Å². The van der Waals surface area contributed by atoms with Gasteiger partial charge in [0.15, 0.2) is 0 Å². The first-order valence-electron chi connectivity index (χ1n) is 4.08. The largest absolute Gasteiger partial charge is 0.398 e. The zero-order valence-electron chi connectivity index (χ0n) is 7.71. The SMILES string of the molecule is CC(=O)Cc1ccc(C(=O)Cl)cc1N. The Morgan fingerprint density at radius 2 is 2.07 bits per heavy atom. The van der Waals surface area contributed by atoms with Crippen molar-refractivity contribution in [1.82, 2.24) is 0 Å². The first-order chi connectivity index (χ1) is 6.50. The summed E-state index contributed by atoms with van der Waals surface area (Å²) < 4.78 is 0. The van der Waals surface area contributed by atoms with Crippen LogP contribution in [0.2, 0.25) is 0 Å². The van der Waals surface area contributed by atoms with E-state index in [1.54, 1.807) is 12.1 Å². The highest BCUT2D eigenvalue weighted by atomic mass is 35.5. The molecule has 0 fully saturated rings. The van der Waals surface area contributed by atoms with Gasteiger partial charge in [0.05, 0.1) is 0 Å². The molecular weight excluding hydrogens is 202 g/mol. The molecule has 0 atom stereocenters. The number of carbonyl (C=O) groups excluding carboxylic acids is 2. The van der Waals surface area contributed by atoms with Crippen molar-refractivity contribution in [2.75, 3.05) is 5.73 Å². The summed E-state index contributed by atoms with van der Waals surface area (Å²) in [6.07, 6.45) is 0.280. The molecule has 3 nitrogen and oxygen atoms in total. The van der Waals surface area contributed by atoms with E-state index in [0.29, 0.717) is 11.3 Å². The van der Waals surface area contributed by atoms with Gasteiger partial charge in [-0.3, -0.25) is 9.59 Å². The van der Waals surface area contributed by atoms with Crippen LogP contribution in [-0.4, -0.2) is 11.0 Å². The van der Waals surface area contributed by atoms with E-state index in [2.05, 4.69) is 0 Å². The van der Waals surface area contributed by atoms with Gasteiger partial charge in [0.1, 0.15) is 5.78 Å². The minimum Gasteiger partial charge on any atom is -0.398 e. The summed E-state index contributed by atoms with van der Waals surface area (Å²) >= 11 is 5.27. The predicted octanol–water partition coefficient (Wildman–Crippen LogP) is 1.78. The van der Waals surface area contributed by atoms with E-state index in [-0.39, 0.29) is 12.2 Å². The number of halogens is 1. The number of carbonyl (C=O) groups is 2. The molecule has 74 valence electrons. The molecule has 0 spiro atoms. The third-order valence-electron chi connectivity index (χ3n) is 1.81. The number of nitrogen functional groups attached to an aromatic ring is 1. The molecule has 0 radical (unpaired) electrons. The lowest BCUT2D eigenvalue weighted by molar-refractivity contribution is -0.116. The molecule has 0 amide bonds. The normalized spacial score (nSPS) is 9.86. The van der Waals surface area contributed by atoms with Crippen molar-refractivity contribution in [3.05, 3.63) is 29.3 Å². The molecule has 0 bridgehead atoms. The van der Waals surface area contributed by atoms with Crippen LogP contribution in [0.5, 0.6) is 0 Å². The van der Waals surface area contributed by atoms with Gasteiger partial charge in [0.25, 0.3) is 5.24 Å². The van der Waals surface area contributed by atoms with E-state index in [1.807, 2.05) is 0 Å². The van der Waals surface area contributed by atoms with Crippen molar-refractivity contribution >= 4 is 28.3 Å². The number of benzene rings is 1. The standard InChI is InChI=1S/C10H10ClNO2/c1-6(13)4-7-2-3-8(10(11)14)5-9(7)12/h2-3,5H,4,12H2,1H3. The molecule has 1 aromatic carbocycles. The lowest BCUT2D eigenvalue weighted by Crippen LogP contribution is -2.02. The summed E-state index contributed by atoms with van der Waals surface area (Å²) in [6, 6.07) is 4.68. The van der Waals surface area contributed by atoms with Gasteiger partial charge >= 0.3 is 0 Å². The second-order valence-electron chi connectivity index (χ2n) is 3.07. The molecule has 4 heteroatoms. The number of rotatable bonds is 3. The Morgan fingerprint density at radius 1 is 1.43 bits per heavy atom. The van der Waals surface area contributed by atoms with Crippen LogP contribution in [-0.2, 0) is 11.2 Å².